The lowest BCUT2D eigenvalue weighted by Gasteiger charge is -2.11. The minimum Gasteiger partial charge on any atom is -0.492 e. The van der Waals surface area contributed by atoms with E-state index in [0.717, 1.165) is 22.6 Å². The molecule has 0 aliphatic carbocycles. The average molecular weight is 253 g/mol. The second-order valence-corrected chi connectivity index (χ2v) is 4.45. The van der Waals surface area contributed by atoms with Crippen molar-refractivity contribution in [2.24, 2.45) is 0 Å². The third-order valence-corrected chi connectivity index (χ3v) is 2.93. The standard InChI is InChI=1S/C13H17ClN2O/c1-4-17-11-7-5-6-10-13(11)15-12(8-14)16(10)9(2)3/h5-7,9H,4,8H2,1-3H3. The van der Waals surface area contributed by atoms with Gasteiger partial charge in [-0.15, -0.1) is 11.6 Å². The van der Waals surface area contributed by atoms with Gasteiger partial charge in [0.15, 0.2) is 0 Å². The van der Waals surface area contributed by atoms with Crippen LogP contribution < -0.4 is 4.74 Å². The highest BCUT2D eigenvalue weighted by molar-refractivity contribution is 6.16. The van der Waals surface area contributed by atoms with Crippen LogP contribution in [0.1, 0.15) is 32.6 Å². The molecule has 0 aliphatic rings. The Morgan fingerprint density at radius 1 is 1.41 bits per heavy atom. The molecule has 0 saturated carbocycles. The van der Waals surface area contributed by atoms with Crippen LogP contribution in [0.25, 0.3) is 11.0 Å². The van der Waals surface area contributed by atoms with Crippen molar-refractivity contribution in [3.05, 3.63) is 24.0 Å². The first-order chi connectivity index (χ1) is 8.19. The highest BCUT2D eigenvalue weighted by atomic mass is 35.5. The molecule has 3 nitrogen and oxygen atoms in total. The van der Waals surface area contributed by atoms with Crippen LogP contribution in [0.4, 0.5) is 0 Å². The first-order valence-corrected chi connectivity index (χ1v) is 6.41. The second kappa shape index (κ2) is 4.96. The number of fused-ring (bicyclic) bond motifs is 1. The van der Waals surface area contributed by atoms with Crippen molar-refractivity contribution < 1.29 is 4.74 Å². The Morgan fingerprint density at radius 3 is 2.76 bits per heavy atom. The Balaban J connectivity index is 2.68. The van der Waals surface area contributed by atoms with Crippen molar-refractivity contribution in [3.8, 4) is 5.75 Å². The monoisotopic (exact) mass is 252 g/mol. The number of aromatic nitrogens is 2. The summed E-state index contributed by atoms with van der Waals surface area (Å²) in [5.74, 6) is 2.14. The molecular formula is C13H17ClN2O. The predicted octanol–water partition coefficient (Wildman–Crippen LogP) is 3.75. The lowest BCUT2D eigenvalue weighted by Crippen LogP contribution is -2.04. The summed E-state index contributed by atoms with van der Waals surface area (Å²) in [4.78, 5) is 4.58. The number of imidazole rings is 1. The first kappa shape index (κ1) is 12.2. The molecule has 0 radical (unpaired) electrons. The largest absolute Gasteiger partial charge is 0.492 e. The summed E-state index contributed by atoms with van der Waals surface area (Å²) < 4.78 is 7.75. The van der Waals surface area contributed by atoms with Crippen LogP contribution in [0.3, 0.4) is 0 Å². The van der Waals surface area contributed by atoms with Crippen molar-refractivity contribution in [1.82, 2.24) is 9.55 Å². The molecule has 0 aliphatic heterocycles. The van der Waals surface area contributed by atoms with E-state index in [2.05, 4.69) is 29.5 Å². The van der Waals surface area contributed by atoms with Crippen LogP contribution in [-0.4, -0.2) is 16.2 Å². The molecule has 1 aromatic carbocycles. The van der Waals surface area contributed by atoms with E-state index in [4.69, 9.17) is 16.3 Å². The molecule has 1 aromatic heterocycles. The summed E-state index contributed by atoms with van der Waals surface area (Å²) in [5.41, 5.74) is 1.99. The maximum absolute atomic E-state index is 5.95. The maximum Gasteiger partial charge on any atom is 0.147 e. The van der Waals surface area contributed by atoms with Gasteiger partial charge in [0.05, 0.1) is 18.0 Å². The van der Waals surface area contributed by atoms with Crippen LogP contribution in [-0.2, 0) is 5.88 Å². The van der Waals surface area contributed by atoms with Gasteiger partial charge in [-0.05, 0) is 32.9 Å². The molecule has 17 heavy (non-hydrogen) atoms. The van der Waals surface area contributed by atoms with Crippen LogP contribution in [0.15, 0.2) is 18.2 Å². The number of hydrogen-bond donors (Lipinski definition) is 0. The number of benzene rings is 1. The molecular weight excluding hydrogens is 236 g/mol. The smallest absolute Gasteiger partial charge is 0.147 e. The molecule has 0 atom stereocenters. The number of alkyl halides is 1. The summed E-state index contributed by atoms with van der Waals surface area (Å²) in [5, 5.41) is 0. The Hall–Kier alpha value is -1.22. The Labute approximate surface area is 106 Å². The van der Waals surface area contributed by atoms with Crippen LogP contribution in [0.5, 0.6) is 5.75 Å². The summed E-state index contributed by atoms with van der Waals surface area (Å²) in [6, 6.07) is 6.33. The van der Waals surface area contributed by atoms with Gasteiger partial charge in [0.25, 0.3) is 0 Å². The van der Waals surface area contributed by atoms with E-state index in [0.29, 0.717) is 18.5 Å². The minimum absolute atomic E-state index is 0.339. The minimum atomic E-state index is 0.339. The van der Waals surface area contributed by atoms with E-state index in [1.165, 1.54) is 0 Å². The Morgan fingerprint density at radius 2 is 2.18 bits per heavy atom. The van der Waals surface area contributed by atoms with Crippen molar-refractivity contribution >= 4 is 22.6 Å². The van der Waals surface area contributed by atoms with Crippen molar-refractivity contribution in [3.63, 3.8) is 0 Å². The van der Waals surface area contributed by atoms with Crippen LogP contribution in [0, 0.1) is 0 Å². The molecule has 0 spiro atoms. The van der Waals surface area contributed by atoms with Gasteiger partial charge < -0.3 is 9.30 Å². The highest BCUT2D eigenvalue weighted by Gasteiger charge is 2.15. The SMILES string of the molecule is CCOc1cccc2c1nc(CCl)n2C(C)C. The molecule has 0 unspecified atom stereocenters. The lowest BCUT2D eigenvalue weighted by atomic mass is 10.2. The van der Waals surface area contributed by atoms with E-state index < -0.39 is 0 Å². The average Bonchev–Trinajstić information content (AvgIpc) is 2.69. The first-order valence-electron chi connectivity index (χ1n) is 5.87. The van der Waals surface area contributed by atoms with Gasteiger partial charge >= 0.3 is 0 Å². The highest BCUT2D eigenvalue weighted by Crippen LogP contribution is 2.29. The fourth-order valence-corrected chi connectivity index (χ4v) is 2.27. The number of para-hydroxylation sites is 1. The number of halogens is 1. The van der Waals surface area contributed by atoms with Crippen LogP contribution in [0.2, 0.25) is 0 Å². The van der Waals surface area contributed by atoms with Gasteiger partial charge in [-0.3, -0.25) is 0 Å². The van der Waals surface area contributed by atoms with E-state index in [-0.39, 0.29) is 0 Å². The topological polar surface area (TPSA) is 27.1 Å². The Kier molecular flexibility index (Phi) is 3.57. The zero-order valence-corrected chi connectivity index (χ0v) is 11.2. The van der Waals surface area contributed by atoms with E-state index in [1.54, 1.807) is 0 Å². The molecule has 1 heterocycles. The lowest BCUT2D eigenvalue weighted by molar-refractivity contribution is 0.343. The molecule has 92 valence electrons. The van der Waals surface area contributed by atoms with E-state index in [9.17, 15) is 0 Å². The third kappa shape index (κ3) is 2.12. The number of nitrogens with zero attached hydrogens (tertiary/aromatic N) is 2. The second-order valence-electron chi connectivity index (χ2n) is 4.18. The van der Waals surface area contributed by atoms with Gasteiger partial charge in [0.1, 0.15) is 17.1 Å². The zero-order valence-electron chi connectivity index (χ0n) is 10.4. The molecule has 0 saturated heterocycles. The fourth-order valence-electron chi connectivity index (χ4n) is 2.08. The Bertz CT molecular complexity index is 519. The summed E-state index contributed by atoms with van der Waals surface area (Å²) >= 11 is 5.95. The summed E-state index contributed by atoms with van der Waals surface area (Å²) in [6.07, 6.45) is 0. The van der Waals surface area contributed by atoms with Crippen molar-refractivity contribution in [2.45, 2.75) is 32.7 Å². The quantitative estimate of drug-likeness (QED) is 0.775. The predicted molar refractivity (Wildman–Crippen MR) is 70.8 cm³/mol. The van der Waals surface area contributed by atoms with Crippen molar-refractivity contribution in [2.75, 3.05) is 6.61 Å². The third-order valence-electron chi connectivity index (χ3n) is 2.69. The molecule has 0 fully saturated rings. The van der Waals surface area contributed by atoms with E-state index >= 15 is 0 Å². The number of hydrogen-bond acceptors (Lipinski definition) is 2. The molecule has 0 N–H and O–H groups in total. The molecule has 4 heteroatoms. The van der Waals surface area contributed by atoms with Gasteiger partial charge in [0.2, 0.25) is 0 Å². The van der Waals surface area contributed by atoms with Crippen LogP contribution >= 0.6 is 11.6 Å². The zero-order chi connectivity index (χ0) is 12.4. The maximum atomic E-state index is 5.95. The van der Waals surface area contributed by atoms with Gasteiger partial charge in [-0.25, -0.2) is 4.98 Å². The van der Waals surface area contributed by atoms with Gasteiger partial charge in [-0.1, -0.05) is 6.07 Å². The number of ether oxygens (including phenoxy) is 1. The van der Waals surface area contributed by atoms with Gasteiger partial charge in [-0.2, -0.15) is 0 Å². The number of rotatable bonds is 4. The summed E-state index contributed by atoms with van der Waals surface area (Å²) in [6.45, 7) is 6.87. The molecule has 2 aromatic rings. The normalized spacial score (nSPS) is 11.4. The molecule has 0 bridgehead atoms. The van der Waals surface area contributed by atoms with Crippen molar-refractivity contribution in [1.29, 1.82) is 0 Å². The van der Waals surface area contributed by atoms with Gasteiger partial charge in [0, 0.05) is 6.04 Å². The van der Waals surface area contributed by atoms with E-state index in [1.807, 2.05) is 19.1 Å². The molecule has 0 amide bonds. The molecule has 2 rings (SSSR count). The fraction of sp³-hybridized carbons (Fsp3) is 0.462. The summed E-state index contributed by atoms with van der Waals surface area (Å²) in [7, 11) is 0.